The highest BCUT2D eigenvalue weighted by Gasteiger charge is 2.14. The Kier molecular flexibility index (Phi) is 4.29. The van der Waals surface area contributed by atoms with E-state index in [1.807, 2.05) is 17.5 Å². The van der Waals surface area contributed by atoms with Crippen LogP contribution in [-0.4, -0.2) is 5.11 Å². The van der Waals surface area contributed by atoms with Crippen LogP contribution in [0.25, 0.3) is 0 Å². The summed E-state index contributed by atoms with van der Waals surface area (Å²) in [6, 6.07) is 7.05. The molecule has 0 aliphatic heterocycles. The summed E-state index contributed by atoms with van der Waals surface area (Å²) >= 11 is 1.48. The first-order valence-corrected chi connectivity index (χ1v) is 5.34. The number of rotatable bonds is 2. The molecule has 1 aromatic heterocycles. The third-order valence-electron chi connectivity index (χ3n) is 2.17. The molecule has 3 N–H and O–H groups in total. The fraction of sp³-hybridized carbons (Fsp3) is 0.0909. The molecule has 1 heterocycles. The molecule has 0 fully saturated rings. The van der Waals surface area contributed by atoms with Crippen LogP contribution in [0, 0.1) is 5.82 Å². The molecule has 0 radical (unpaired) electrons. The standard InChI is InChI=1S/C11H10FNOS.ClH/c12-7-3-4-9(14)8(6-7)11(13)10-2-1-5-15-10;/h1-6,11,14H,13H2;1H/t11-;/m1./s1. The van der Waals surface area contributed by atoms with Crippen molar-refractivity contribution in [2.45, 2.75) is 6.04 Å². The van der Waals surface area contributed by atoms with Crippen LogP contribution in [0.1, 0.15) is 16.5 Å². The van der Waals surface area contributed by atoms with Crippen LogP contribution >= 0.6 is 23.7 Å². The van der Waals surface area contributed by atoms with Gasteiger partial charge in [-0.15, -0.1) is 23.7 Å². The molecule has 1 atom stereocenters. The van der Waals surface area contributed by atoms with Gasteiger partial charge in [0.25, 0.3) is 0 Å². The van der Waals surface area contributed by atoms with Crippen molar-refractivity contribution >= 4 is 23.7 Å². The predicted octanol–water partition coefficient (Wildman–Crippen LogP) is 3.06. The van der Waals surface area contributed by atoms with E-state index in [4.69, 9.17) is 5.73 Å². The van der Waals surface area contributed by atoms with Crippen molar-refractivity contribution in [3.05, 3.63) is 52.0 Å². The number of nitrogens with two attached hydrogens (primary N) is 1. The average Bonchev–Trinajstić information content (AvgIpc) is 2.74. The summed E-state index contributed by atoms with van der Waals surface area (Å²) in [5.41, 5.74) is 6.33. The van der Waals surface area contributed by atoms with Crippen LogP contribution in [0.2, 0.25) is 0 Å². The SMILES string of the molecule is Cl.N[C@@H](c1cccs1)c1cc(F)ccc1O. The Balaban J connectivity index is 0.00000128. The number of hydrogen-bond donors (Lipinski definition) is 2. The molecule has 0 unspecified atom stereocenters. The van der Waals surface area contributed by atoms with E-state index in [1.54, 1.807) is 0 Å². The molecular formula is C11H11ClFNOS. The lowest BCUT2D eigenvalue weighted by Crippen LogP contribution is -2.10. The molecule has 5 heteroatoms. The van der Waals surface area contributed by atoms with Gasteiger partial charge in [-0.3, -0.25) is 0 Å². The van der Waals surface area contributed by atoms with Gasteiger partial charge in [0.2, 0.25) is 0 Å². The molecule has 0 amide bonds. The molecule has 0 saturated heterocycles. The van der Waals surface area contributed by atoms with Crippen LogP contribution in [-0.2, 0) is 0 Å². The van der Waals surface area contributed by atoms with Gasteiger partial charge in [-0.1, -0.05) is 6.07 Å². The maximum absolute atomic E-state index is 13.0. The molecule has 0 bridgehead atoms. The second kappa shape index (κ2) is 5.30. The van der Waals surface area contributed by atoms with Gasteiger partial charge >= 0.3 is 0 Å². The van der Waals surface area contributed by atoms with Gasteiger partial charge in [0, 0.05) is 10.4 Å². The lowest BCUT2D eigenvalue weighted by Gasteiger charge is -2.11. The monoisotopic (exact) mass is 259 g/mol. The van der Waals surface area contributed by atoms with Crippen molar-refractivity contribution in [2.24, 2.45) is 5.73 Å². The Morgan fingerprint density at radius 2 is 2.06 bits per heavy atom. The summed E-state index contributed by atoms with van der Waals surface area (Å²) in [5, 5.41) is 11.5. The van der Waals surface area contributed by atoms with Crippen molar-refractivity contribution in [3.63, 3.8) is 0 Å². The van der Waals surface area contributed by atoms with Crippen molar-refractivity contribution in [1.82, 2.24) is 0 Å². The maximum atomic E-state index is 13.0. The first-order valence-electron chi connectivity index (χ1n) is 4.46. The molecule has 1 aromatic carbocycles. The van der Waals surface area contributed by atoms with Crippen LogP contribution in [0.5, 0.6) is 5.75 Å². The van der Waals surface area contributed by atoms with E-state index in [-0.39, 0.29) is 18.2 Å². The van der Waals surface area contributed by atoms with Crippen molar-refractivity contribution in [2.75, 3.05) is 0 Å². The van der Waals surface area contributed by atoms with Gasteiger partial charge in [-0.05, 0) is 29.6 Å². The number of thiophene rings is 1. The lowest BCUT2D eigenvalue weighted by molar-refractivity contribution is 0.462. The topological polar surface area (TPSA) is 46.2 Å². The minimum Gasteiger partial charge on any atom is -0.508 e. The summed E-state index contributed by atoms with van der Waals surface area (Å²) in [5.74, 6) is -0.368. The molecule has 0 spiro atoms. The highest BCUT2D eigenvalue weighted by Crippen LogP contribution is 2.30. The second-order valence-corrected chi connectivity index (χ2v) is 4.18. The van der Waals surface area contributed by atoms with Crippen LogP contribution in [0.4, 0.5) is 4.39 Å². The smallest absolute Gasteiger partial charge is 0.123 e. The molecule has 0 saturated carbocycles. The number of phenols is 1. The molecule has 0 aliphatic carbocycles. The Bertz CT molecular complexity index is 461. The third-order valence-corrected chi connectivity index (χ3v) is 3.13. The summed E-state index contributed by atoms with van der Waals surface area (Å²) in [6.45, 7) is 0. The van der Waals surface area contributed by atoms with E-state index in [1.165, 1.54) is 29.5 Å². The fourth-order valence-electron chi connectivity index (χ4n) is 1.40. The second-order valence-electron chi connectivity index (χ2n) is 3.20. The van der Waals surface area contributed by atoms with Gasteiger partial charge in [0.05, 0.1) is 6.04 Å². The summed E-state index contributed by atoms with van der Waals surface area (Å²) < 4.78 is 13.0. The zero-order valence-electron chi connectivity index (χ0n) is 8.26. The van der Waals surface area contributed by atoms with Gasteiger partial charge < -0.3 is 10.8 Å². The van der Waals surface area contributed by atoms with E-state index in [0.717, 1.165) is 4.88 Å². The Morgan fingerprint density at radius 3 is 2.69 bits per heavy atom. The number of hydrogen-bond acceptors (Lipinski definition) is 3. The van der Waals surface area contributed by atoms with Gasteiger partial charge in [-0.2, -0.15) is 0 Å². The molecule has 2 aromatic rings. The van der Waals surface area contributed by atoms with Crippen molar-refractivity contribution in [3.8, 4) is 5.75 Å². The zero-order valence-corrected chi connectivity index (χ0v) is 9.89. The highest BCUT2D eigenvalue weighted by molar-refractivity contribution is 7.10. The number of benzene rings is 1. The molecular weight excluding hydrogens is 249 g/mol. The largest absolute Gasteiger partial charge is 0.508 e. The summed E-state index contributed by atoms with van der Waals surface area (Å²) in [6.07, 6.45) is 0. The summed E-state index contributed by atoms with van der Waals surface area (Å²) in [4.78, 5) is 0.899. The Labute approximate surface area is 103 Å². The van der Waals surface area contributed by atoms with E-state index in [9.17, 15) is 9.50 Å². The first-order chi connectivity index (χ1) is 7.18. The number of aromatic hydroxyl groups is 1. The van der Waals surface area contributed by atoms with Gasteiger partial charge in [-0.25, -0.2) is 4.39 Å². The Hall–Kier alpha value is -1.10. The molecule has 0 aliphatic rings. The minimum absolute atomic E-state index is 0. The first kappa shape index (κ1) is 13.0. The maximum Gasteiger partial charge on any atom is 0.123 e. The van der Waals surface area contributed by atoms with Crippen molar-refractivity contribution < 1.29 is 9.50 Å². The Morgan fingerprint density at radius 1 is 1.31 bits per heavy atom. The molecule has 2 rings (SSSR count). The molecule has 16 heavy (non-hydrogen) atoms. The third kappa shape index (κ3) is 2.52. The van der Waals surface area contributed by atoms with Crippen molar-refractivity contribution in [1.29, 1.82) is 0 Å². The van der Waals surface area contributed by atoms with Crippen LogP contribution in [0.15, 0.2) is 35.7 Å². The normalized spacial score (nSPS) is 11.9. The van der Waals surface area contributed by atoms with E-state index >= 15 is 0 Å². The highest BCUT2D eigenvalue weighted by atomic mass is 35.5. The van der Waals surface area contributed by atoms with Gasteiger partial charge in [0.15, 0.2) is 0 Å². The van der Waals surface area contributed by atoms with Crippen LogP contribution in [0.3, 0.4) is 0 Å². The zero-order chi connectivity index (χ0) is 10.8. The van der Waals surface area contributed by atoms with E-state index in [2.05, 4.69) is 0 Å². The van der Waals surface area contributed by atoms with Crippen LogP contribution < -0.4 is 5.73 Å². The number of phenolic OH excluding ortho intramolecular Hbond substituents is 1. The molecule has 2 nitrogen and oxygen atoms in total. The lowest BCUT2D eigenvalue weighted by atomic mass is 10.1. The predicted molar refractivity (Wildman–Crippen MR) is 65.7 cm³/mol. The van der Waals surface area contributed by atoms with Gasteiger partial charge in [0.1, 0.15) is 11.6 Å². The molecule has 86 valence electrons. The average molecular weight is 260 g/mol. The summed E-state index contributed by atoms with van der Waals surface area (Å²) in [7, 11) is 0. The van der Waals surface area contributed by atoms with E-state index in [0.29, 0.717) is 5.56 Å². The number of halogens is 2. The van der Waals surface area contributed by atoms with E-state index < -0.39 is 11.9 Å². The minimum atomic E-state index is -0.472. The quantitative estimate of drug-likeness (QED) is 0.871. The fourth-order valence-corrected chi connectivity index (χ4v) is 2.14.